The Kier molecular flexibility index (Phi) is 8.26. The van der Waals surface area contributed by atoms with Crippen molar-refractivity contribution in [3.05, 3.63) is 211 Å². The summed E-state index contributed by atoms with van der Waals surface area (Å²) in [5.41, 5.74) is 18.3. The molecule has 8 aromatic carbocycles. The maximum absolute atomic E-state index is 5.19. The summed E-state index contributed by atoms with van der Waals surface area (Å²) in [7, 11) is 0. The number of benzene rings is 8. The predicted octanol–water partition coefficient (Wildman–Crippen LogP) is 14.4. The highest BCUT2D eigenvalue weighted by molar-refractivity contribution is 6.02. The molecule has 0 amide bonds. The molecule has 266 valence electrons. The molecule has 0 fully saturated rings. The molecule has 2 heterocycles. The molecule has 0 aliphatic carbocycles. The fourth-order valence-corrected chi connectivity index (χ4v) is 8.18. The number of aryl methyl sites for hydroxylation is 2. The second-order valence-corrected chi connectivity index (χ2v) is 14.6. The van der Waals surface area contributed by atoms with Crippen molar-refractivity contribution in [3.63, 3.8) is 0 Å². The van der Waals surface area contributed by atoms with E-state index in [1.165, 1.54) is 38.8 Å². The first-order chi connectivity index (χ1) is 27.6. The predicted molar refractivity (Wildman–Crippen MR) is 236 cm³/mol. The summed E-state index contributed by atoms with van der Waals surface area (Å²) in [4.78, 5) is 7.60. The first kappa shape index (κ1) is 33.3. The Morgan fingerprint density at radius 1 is 0.411 bits per heavy atom. The largest absolute Gasteiger partial charge is 0.310 e. The summed E-state index contributed by atoms with van der Waals surface area (Å²) in [5, 5.41) is 2.33. The van der Waals surface area contributed by atoms with Crippen molar-refractivity contribution in [3.8, 4) is 44.6 Å². The van der Waals surface area contributed by atoms with Gasteiger partial charge in [0.15, 0.2) is 0 Å². The van der Waals surface area contributed by atoms with Crippen LogP contribution in [0.5, 0.6) is 0 Å². The summed E-state index contributed by atoms with van der Waals surface area (Å²) in [6, 6.07) is 72.0. The number of pyridine rings is 1. The summed E-state index contributed by atoms with van der Waals surface area (Å²) >= 11 is 0. The fourth-order valence-electron chi connectivity index (χ4n) is 8.18. The molecular weight excluding hydrogens is 679 g/mol. The molecule has 0 N–H and O–H groups in total. The number of fused-ring (bicyclic) bond motifs is 5. The zero-order valence-electron chi connectivity index (χ0n) is 31.4. The number of anilines is 3. The fraction of sp³-hybridized carbons (Fsp3) is 0.0377. The standard InChI is InChI=1S/C53H39N3/c1-36-32-42(38-14-6-3-7-15-38)25-30-49(36)55(50-31-26-43(33-37(50)2)39-16-8-4-9-17-39)46-27-22-40(23-28-46)44-24-29-48-52(34-44)56-51(41-18-10-5-11-19-41)35-45-20-12-13-21-47(45)53(56)54-48/h3-35H,1-2H3. The Hall–Kier alpha value is -7.23. The molecule has 56 heavy (non-hydrogen) atoms. The molecular formula is C53H39N3. The lowest BCUT2D eigenvalue weighted by atomic mass is 9.99. The second-order valence-electron chi connectivity index (χ2n) is 14.6. The molecule has 10 aromatic rings. The summed E-state index contributed by atoms with van der Waals surface area (Å²) in [5.74, 6) is 0. The van der Waals surface area contributed by atoms with Gasteiger partial charge in [0.1, 0.15) is 5.65 Å². The molecule has 10 rings (SSSR count). The van der Waals surface area contributed by atoms with Gasteiger partial charge in [-0.3, -0.25) is 4.40 Å². The van der Waals surface area contributed by atoms with Gasteiger partial charge in [0.05, 0.1) is 16.7 Å². The lowest BCUT2D eigenvalue weighted by Gasteiger charge is -2.29. The quantitative estimate of drug-likeness (QED) is 0.164. The van der Waals surface area contributed by atoms with Crippen LogP contribution in [0.25, 0.3) is 72.1 Å². The van der Waals surface area contributed by atoms with E-state index in [9.17, 15) is 0 Å². The van der Waals surface area contributed by atoms with Crippen LogP contribution in [0.3, 0.4) is 0 Å². The Morgan fingerprint density at radius 2 is 0.893 bits per heavy atom. The van der Waals surface area contributed by atoms with Crippen LogP contribution in [-0.2, 0) is 0 Å². The van der Waals surface area contributed by atoms with Crippen molar-refractivity contribution < 1.29 is 0 Å². The Balaban J connectivity index is 1.08. The van der Waals surface area contributed by atoms with E-state index in [1.807, 2.05) is 0 Å². The van der Waals surface area contributed by atoms with Crippen molar-refractivity contribution in [2.45, 2.75) is 13.8 Å². The molecule has 0 aliphatic heterocycles. The number of rotatable bonds is 7. The number of nitrogens with zero attached hydrogens (tertiary/aromatic N) is 3. The van der Waals surface area contributed by atoms with E-state index in [1.54, 1.807) is 0 Å². The third-order valence-electron chi connectivity index (χ3n) is 11.0. The molecule has 0 bridgehead atoms. The maximum Gasteiger partial charge on any atom is 0.146 e. The van der Waals surface area contributed by atoms with Gasteiger partial charge in [-0.1, -0.05) is 146 Å². The molecule has 0 saturated carbocycles. The highest BCUT2D eigenvalue weighted by Crippen LogP contribution is 2.42. The van der Waals surface area contributed by atoms with Crippen LogP contribution in [0.15, 0.2) is 200 Å². The van der Waals surface area contributed by atoms with E-state index >= 15 is 0 Å². The molecule has 0 spiro atoms. The molecule has 2 aromatic heterocycles. The average Bonchev–Trinajstić information content (AvgIpc) is 3.65. The van der Waals surface area contributed by atoms with E-state index in [0.717, 1.165) is 61.5 Å². The van der Waals surface area contributed by atoms with Gasteiger partial charge in [-0.25, -0.2) is 4.98 Å². The van der Waals surface area contributed by atoms with Crippen molar-refractivity contribution in [2.75, 3.05) is 4.90 Å². The number of hydrogen-bond acceptors (Lipinski definition) is 2. The molecule has 3 nitrogen and oxygen atoms in total. The van der Waals surface area contributed by atoms with Crippen LogP contribution >= 0.6 is 0 Å². The minimum Gasteiger partial charge on any atom is -0.310 e. The van der Waals surface area contributed by atoms with Crippen LogP contribution in [0, 0.1) is 13.8 Å². The zero-order valence-corrected chi connectivity index (χ0v) is 31.4. The lowest BCUT2D eigenvalue weighted by Crippen LogP contribution is -2.12. The number of aromatic nitrogens is 2. The first-order valence-electron chi connectivity index (χ1n) is 19.2. The van der Waals surface area contributed by atoms with Crippen molar-refractivity contribution in [1.82, 2.24) is 9.38 Å². The van der Waals surface area contributed by atoms with Gasteiger partial charge in [-0.2, -0.15) is 0 Å². The molecule has 0 atom stereocenters. The van der Waals surface area contributed by atoms with E-state index in [4.69, 9.17) is 4.98 Å². The second kappa shape index (κ2) is 13.9. The summed E-state index contributed by atoms with van der Waals surface area (Å²) < 4.78 is 2.33. The third kappa shape index (κ3) is 5.91. The molecule has 0 saturated heterocycles. The Morgan fingerprint density at radius 3 is 1.48 bits per heavy atom. The van der Waals surface area contributed by atoms with Crippen LogP contribution < -0.4 is 4.90 Å². The molecule has 0 unspecified atom stereocenters. The first-order valence-corrected chi connectivity index (χ1v) is 19.2. The molecule has 3 heteroatoms. The monoisotopic (exact) mass is 717 g/mol. The van der Waals surface area contributed by atoms with E-state index in [-0.39, 0.29) is 0 Å². The average molecular weight is 718 g/mol. The van der Waals surface area contributed by atoms with Gasteiger partial charge in [0, 0.05) is 22.4 Å². The lowest BCUT2D eigenvalue weighted by molar-refractivity contribution is 1.23. The highest BCUT2D eigenvalue weighted by Gasteiger charge is 2.19. The van der Waals surface area contributed by atoms with E-state index in [2.05, 4.69) is 223 Å². The van der Waals surface area contributed by atoms with E-state index < -0.39 is 0 Å². The van der Waals surface area contributed by atoms with Crippen molar-refractivity contribution >= 4 is 44.5 Å². The minimum absolute atomic E-state index is 0.974. The highest BCUT2D eigenvalue weighted by atomic mass is 15.1. The van der Waals surface area contributed by atoms with Crippen molar-refractivity contribution in [1.29, 1.82) is 0 Å². The van der Waals surface area contributed by atoms with Gasteiger partial charge < -0.3 is 4.90 Å². The van der Waals surface area contributed by atoms with Gasteiger partial charge >= 0.3 is 0 Å². The number of imidazole rings is 1. The van der Waals surface area contributed by atoms with E-state index in [0.29, 0.717) is 0 Å². The summed E-state index contributed by atoms with van der Waals surface area (Å²) in [6.07, 6.45) is 0. The van der Waals surface area contributed by atoms with Crippen LogP contribution in [0.1, 0.15) is 11.1 Å². The number of hydrogen-bond donors (Lipinski definition) is 0. The smallest absolute Gasteiger partial charge is 0.146 e. The van der Waals surface area contributed by atoms with Gasteiger partial charge in [0.25, 0.3) is 0 Å². The Bertz CT molecular complexity index is 2930. The third-order valence-corrected chi connectivity index (χ3v) is 11.0. The topological polar surface area (TPSA) is 20.5 Å². The van der Waals surface area contributed by atoms with Crippen LogP contribution in [0.4, 0.5) is 17.1 Å². The van der Waals surface area contributed by atoms with Crippen molar-refractivity contribution in [2.24, 2.45) is 0 Å². The van der Waals surface area contributed by atoms with Crippen LogP contribution in [-0.4, -0.2) is 9.38 Å². The van der Waals surface area contributed by atoms with Crippen LogP contribution in [0.2, 0.25) is 0 Å². The SMILES string of the molecule is Cc1cc(-c2ccccc2)ccc1N(c1ccc(-c2ccc3nc4c5ccccc5cc(-c5ccccc5)n4c3c2)cc1)c1ccc(-c2ccccc2)cc1C. The Labute approximate surface area is 327 Å². The van der Waals surface area contributed by atoms with Gasteiger partial charge in [-0.15, -0.1) is 0 Å². The molecule has 0 aliphatic rings. The maximum atomic E-state index is 5.19. The molecule has 0 radical (unpaired) electrons. The van der Waals surface area contributed by atoms with Gasteiger partial charge in [0.2, 0.25) is 0 Å². The van der Waals surface area contributed by atoms with Gasteiger partial charge in [-0.05, 0) is 124 Å². The normalized spacial score (nSPS) is 11.4. The summed E-state index contributed by atoms with van der Waals surface area (Å²) in [6.45, 7) is 4.43. The minimum atomic E-state index is 0.974. The zero-order chi connectivity index (χ0) is 37.6.